The lowest BCUT2D eigenvalue weighted by Gasteiger charge is -2.23. The van der Waals surface area contributed by atoms with Gasteiger partial charge in [-0.25, -0.2) is 0 Å². The molecule has 0 aliphatic carbocycles. The Morgan fingerprint density at radius 1 is 1.24 bits per heavy atom. The summed E-state index contributed by atoms with van der Waals surface area (Å²) in [7, 11) is 0. The lowest BCUT2D eigenvalue weighted by atomic mass is 9.94. The molecular formula is C14H18ClF3N2O5. The van der Waals surface area contributed by atoms with Crippen LogP contribution in [0.1, 0.15) is 12.5 Å². The third-order valence-electron chi connectivity index (χ3n) is 2.96. The Kier molecular flexibility index (Phi) is 8.00. The summed E-state index contributed by atoms with van der Waals surface area (Å²) in [5, 5.41) is 20.1. The van der Waals surface area contributed by atoms with Gasteiger partial charge in [-0.3, -0.25) is 9.59 Å². The molecule has 0 saturated carbocycles. The van der Waals surface area contributed by atoms with Gasteiger partial charge in [0, 0.05) is 6.42 Å². The van der Waals surface area contributed by atoms with Gasteiger partial charge in [-0.05, 0) is 24.6 Å². The van der Waals surface area contributed by atoms with Crippen molar-refractivity contribution < 1.29 is 37.7 Å². The van der Waals surface area contributed by atoms with Crippen LogP contribution in [0.4, 0.5) is 13.2 Å². The second kappa shape index (κ2) is 8.77. The first-order valence-corrected chi connectivity index (χ1v) is 6.75. The molecule has 1 rings (SSSR count). The van der Waals surface area contributed by atoms with Crippen LogP contribution in [0, 0.1) is 0 Å². The number of nitrogens with one attached hydrogen (secondary N) is 1. The second-order valence-corrected chi connectivity index (χ2v) is 5.31. The Hall–Kier alpha value is -2.20. The van der Waals surface area contributed by atoms with E-state index < -0.39 is 36.7 Å². The Balaban J connectivity index is 0.00000576. The van der Waals surface area contributed by atoms with Crippen molar-refractivity contribution in [2.24, 2.45) is 5.73 Å². The summed E-state index contributed by atoms with van der Waals surface area (Å²) in [4.78, 5) is 22.4. The van der Waals surface area contributed by atoms with E-state index in [9.17, 15) is 33.0 Å². The second-order valence-electron chi connectivity index (χ2n) is 5.31. The Bertz CT molecular complexity index is 623. The van der Waals surface area contributed by atoms with Crippen molar-refractivity contribution >= 4 is 24.3 Å². The topological polar surface area (TPSA) is 122 Å². The third-order valence-corrected chi connectivity index (χ3v) is 2.96. The largest absolute Gasteiger partial charge is 0.504 e. The maximum absolute atomic E-state index is 11.9. The van der Waals surface area contributed by atoms with Crippen LogP contribution >= 0.6 is 12.4 Å². The number of alkyl halides is 3. The third kappa shape index (κ3) is 7.06. The molecule has 0 saturated heterocycles. The van der Waals surface area contributed by atoms with Gasteiger partial charge in [0.1, 0.15) is 12.1 Å². The zero-order valence-electron chi connectivity index (χ0n) is 13.1. The van der Waals surface area contributed by atoms with Gasteiger partial charge in [-0.15, -0.1) is 12.4 Å². The number of hydrogen-bond acceptors (Lipinski definition) is 6. The molecular weight excluding hydrogens is 369 g/mol. The number of benzene rings is 1. The number of nitrogens with two attached hydrogens (primary N) is 1. The number of carbonyl (C=O) groups is 2. The highest BCUT2D eigenvalue weighted by Gasteiger charge is 2.38. The van der Waals surface area contributed by atoms with Gasteiger partial charge in [0.05, 0.1) is 6.54 Å². The van der Waals surface area contributed by atoms with Crippen LogP contribution in [0.2, 0.25) is 0 Å². The van der Waals surface area contributed by atoms with E-state index in [2.05, 4.69) is 0 Å². The summed E-state index contributed by atoms with van der Waals surface area (Å²) in [6.07, 6.45) is -5.05. The van der Waals surface area contributed by atoms with E-state index in [-0.39, 0.29) is 30.3 Å². The van der Waals surface area contributed by atoms with Gasteiger partial charge in [-0.1, -0.05) is 6.07 Å². The van der Waals surface area contributed by atoms with E-state index in [0.29, 0.717) is 5.56 Å². The maximum atomic E-state index is 11.9. The fraction of sp³-hybridized carbons (Fsp3) is 0.429. The summed E-state index contributed by atoms with van der Waals surface area (Å²) in [6.45, 7) is 0.349. The number of hydrogen-bond donors (Lipinski definition) is 4. The molecule has 0 radical (unpaired) electrons. The molecule has 0 heterocycles. The standard InChI is InChI=1S/C14H17F3N2O5.ClH/c1-13(18,7-8-2-3-9(20)10(21)6-8)12(23)24-5-4-19-11(22)14(15,16)17;/h2-3,6,20-21H,4-5,7,18H2,1H3,(H,19,22);1H/t13-;/m0./s1. The zero-order valence-corrected chi connectivity index (χ0v) is 13.9. The number of rotatable bonds is 6. The quantitative estimate of drug-likeness (QED) is 0.329. The molecule has 11 heteroatoms. The number of phenols is 2. The van der Waals surface area contributed by atoms with Crippen LogP contribution in [0.3, 0.4) is 0 Å². The summed E-state index contributed by atoms with van der Waals surface area (Å²) in [5.74, 6) is -3.74. The number of phenolic OH excluding ortho intramolecular Hbond substituents is 2. The van der Waals surface area contributed by atoms with Crippen LogP contribution in [-0.2, 0) is 20.7 Å². The number of halogens is 4. The van der Waals surface area contributed by atoms with Gasteiger partial charge in [-0.2, -0.15) is 13.2 Å². The molecule has 1 atom stereocenters. The first kappa shape index (κ1) is 22.8. The fourth-order valence-electron chi connectivity index (χ4n) is 1.75. The molecule has 0 bridgehead atoms. The Morgan fingerprint density at radius 3 is 2.36 bits per heavy atom. The van der Waals surface area contributed by atoms with Crippen LogP contribution < -0.4 is 11.1 Å². The molecule has 142 valence electrons. The average Bonchev–Trinajstić information content (AvgIpc) is 2.45. The van der Waals surface area contributed by atoms with E-state index in [1.165, 1.54) is 25.1 Å². The molecule has 7 nitrogen and oxygen atoms in total. The van der Waals surface area contributed by atoms with Gasteiger partial charge < -0.3 is 26.0 Å². The van der Waals surface area contributed by atoms with E-state index >= 15 is 0 Å². The van der Waals surface area contributed by atoms with Crippen molar-refractivity contribution in [2.75, 3.05) is 13.2 Å². The summed E-state index contributed by atoms with van der Waals surface area (Å²) in [6, 6.07) is 3.88. The lowest BCUT2D eigenvalue weighted by Crippen LogP contribution is -2.48. The van der Waals surface area contributed by atoms with Crippen LogP contribution in [-0.4, -0.2) is 47.0 Å². The lowest BCUT2D eigenvalue weighted by molar-refractivity contribution is -0.174. The summed E-state index contributed by atoms with van der Waals surface area (Å²) < 4.78 is 40.6. The minimum Gasteiger partial charge on any atom is -0.504 e. The van der Waals surface area contributed by atoms with Crippen molar-refractivity contribution in [3.05, 3.63) is 23.8 Å². The molecule has 5 N–H and O–H groups in total. The Labute approximate surface area is 147 Å². The first-order valence-electron chi connectivity index (χ1n) is 6.75. The molecule has 0 aliphatic rings. The monoisotopic (exact) mass is 386 g/mol. The van der Waals surface area contributed by atoms with Gasteiger partial charge in [0.2, 0.25) is 0 Å². The normalized spacial score (nSPS) is 13.3. The molecule has 0 aromatic heterocycles. The highest BCUT2D eigenvalue weighted by Crippen LogP contribution is 2.26. The van der Waals surface area contributed by atoms with Gasteiger partial charge >= 0.3 is 18.1 Å². The smallest absolute Gasteiger partial charge is 0.471 e. The number of esters is 1. The van der Waals surface area contributed by atoms with Crippen LogP contribution in [0.5, 0.6) is 11.5 Å². The number of carbonyl (C=O) groups excluding carboxylic acids is 2. The molecule has 0 fully saturated rings. The highest BCUT2D eigenvalue weighted by molar-refractivity contribution is 5.85. The molecule has 0 unspecified atom stereocenters. The molecule has 1 aromatic carbocycles. The van der Waals surface area contributed by atoms with E-state index in [1.54, 1.807) is 5.32 Å². The van der Waals surface area contributed by atoms with Crippen molar-refractivity contribution in [3.63, 3.8) is 0 Å². The predicted molar refractivity (Wildman–Crippen MR) is 83.3 cm³/mol. The number of amides is 1. The SMILES string of the molecule is C[C@](N)(Cc1ccc(O)c(O)c1)C(=O)OCCNC(=O)C(F)(F)F.Cl. The van der Waals surface area contributed by atoms with Crippen molar-refractivity contribution in [2.45, 2.75) is 25.1 Å². The zero-order chi connectivity index (χ0) is 18.5. The first-order chi connectivity index (χ1) is 10.9. The van der Waals surface area contributed by atoms with E-state index in [1.807, 2.05) is 0 Å². The summed E-state index contributed by atoms with van der Waals surface area (Å²) >= 11 is 0. The van der Waals surface area contributed by atoms with E-state index in [0.717, 1.165) is 0 Å². The van der Waals surface area contributed by atoms with Crippen molar-refractivity contribution in [1.29, 1.82) is 0 Å². The minimum atomic E-state index is -5.01. The summed E-state index contributed by atoms with van der Waals surface area (Å²) in [5.41, 5.74) is 4.73. The average molecular weight is 387 g/mol. The van der Waals surface area contributed by atoms with Crippen molar-refractivity contribution in [1.82, 2.24) is 5.32 Å². The van der Waals surface area contributed by atoms with E-state index in [4.69, 9.17) is 10.5 Å². The molecule has 25 heavy (non-hydrogen) atoms. The molecule has 1 aromatic rings. The van der Waals surface area contributed by atoms with Crippen LogP contribution in [0.15, 0.2) is 18.2 Å². The van der Waals surface area contributed by atoms with Gasteiger partial charge in [0.15, 0.2) is 11.5 Å². The minimum absolute atomic E-state index is 0. The van der Waals surface area contributed by atoms with Crippen LogP contribution in [0.25, 0.3) is 0 Å². The highest BCUT2D eigenvalue weighted by atomic mass is 35.5. The predicted octanol–water partition coefficient (Wildman–Crippen LogP) is 1.00. The fourth-order valence-corrected chi connectivity index (χ4v) is 1.75. The molecule has 0 aliphatic heterocycles. The number of aromatic hydroxyl groups is 2. The maximum Gasteiger partial charge on any atom is 0.471 e. The molecule has 1 amide bonds. The van der Waals surface area contributed by atoms with Gasteiger partial charge in [0.25, 0.3) is 0 Å². The molecule has 0 spiro atoms. The van der Waals surface area contributed by atoms with Crippen molar-refractivity contribution in [3.8, 4) is 11.5 Å². The number of ether oxygens (including phenoxy) is 1. The Morgan fingerprint density at radius 2 is 1.84 bits per heavy atom.